The van der Waals surface area contributed by atoms with Crippen LogP contribution in [0.25, 0.3) is 0 Å². The van der Waals surface area contributed by atoms with Crippen molar-refractivity contribution in [2.75, 3.05) is 67.6 Å². The van der Waals surface area contributed by atoms with Crippen molar-refractivity contribution < 1.29 is 17.9 Å². The second-order valence-electron chi connectivity index (χ2n) is 7.92. The molecular formula is C21H28N6O4S. The van der Waals surface area contributed by atoms with Crippen LogP contribution in [0.15, 0.2) is 35.4 Å². The number of anilines is 3. The summed E-state index contributed by atoms with van der Waals surface area (Å²) in [6.45, 7) is 7.96. The molecule has 0 radical (unpaired) electrons. The average molecular weight is 461 g/mol. The van der Waals surface area contributed by atoms with E-state index in [-0.39, 0.29) is 10.8 Å². The highest BCUT2D eigenvalue weighted by Crippen LogP contribution is 2.26. The van der Waals surface area contributed by atoms with Gasteiger partial charge in [-0.05, 0) is 30.7 Å². The number of sulfonamides is 1. The monoisotopic (exact) mass is 460 g/mol. The Morgan fingerprint density at radius 2 is 1.75 bits per heavy atom. The average Bonchev–Trinajstić information content (AvgIpc) is 2.79. The van der Waals surface area contributed by atoms with Gasteiger partial charge in [0.2, 0.25) is 15.9 Å². The van der Waals surface area contributed by atoms with Gasteiger partial charge < -0.3 is 19.9 Å². The summed E-state index contributed by atoms with van der Waals surface area (Å²) in [6.07, 6.45) is 1.75. The van der Waals surface area contributed by atoms with Crippen LogP contribution in [-0.2, 0) is 19.6 Å². The number of aryl methyl sites for hydroxylation is 1. The van der Waals surface area contributed by atoms with Crippen LogP contribution in [0.2, 0.25) is 0 Å². The van der Waals surface area contributed by atoms with E-state index >= 15 is 0 Å². The predicted molar refractivity (Wildman–Crippen MR) is 122 cm³/mol. The quantitative estimate of drug-likeness (QED) is 0.707. The molecule has 172 valence electrons. The van der Waals surface area contributed by atoms with E-state index in [1.54, 1.807) is 31.3 Å². The molecule has 2 aromatic rings. The van der Waals surface area contributed by atoms with Crippen molar-refractivity contribution in [3.8, 4) is 0 Å². The standard InChI is InChI=1S/C21H28N6O4S/c1-16-13-18(23-17(2)28)3-4-20(16)32(29,30)27-7-5-26(6-8-27)21-14-19(15-22-24-21)25-9-11-31-12-10-25/h3-4,13-15H,5-12H2,1-2H3,(H,23,28). The van der Waals surface area contributed by atoms with Gasteiger partial charge in [-0.2, -0.15) is 9.40 Å². The minimum absolute atomic E-state index is 0.197. The number of benzene rings is 1. The van der Waals surface area contributed by atoms with Crippen molar-refractivity contribution in [1.82, 2.24) is 14.5 Å². The molecule has 0 spiro atoms. The maximum atomic E-state index is 13.2. The minimum atomic E-state index is -3.63. The Hall–Kier alpha value is -2.76. The second-order valence-corrected chi connectivity index (χ2v) is 9.83. The van der Waals surface area contributed by atoms with Crippen molar-refractivity contribution in [2.45, 2.75) is 18.7 Å². The highest BCUT2D eigenvalue weighted by molar-refractivity contribution is 7.89. The maximum Gasteiger partial charge on any atom is 0.243 e. The summed E-state index contributed by atoms with van der Waals surface area (Å²) >= 11 is 0. The lowest BCUT2D eigenvalue weighted by atomic mass is 10.2. The molecule has 2 saturated heterocycles. The van der Waals surface area contributed by atoms with E-state index < -0.39 is 10.0 Å². The lowest BCUT2D eigenvalue weighted by Gasteiger charge is -2.35. The van der Waals surface area contributed by atoms with Crippen molar-refractivity contribution in [3.05, 3.63) is 36.0 Å². The number of nitrogens with one attached hydrogen (secondary N) is 1. The lowest BCUT2D eigenvalue weighted by molar-refractivity contribution is -0.114. The molecule has 4 rings (SSSR count). The van der Waals surface area contributed by atoms with Crippen LogP contribution in [0.3, 0.4) is 0 Å². The molecule has 0 atom stereocenters. The zero-order chi connectivity index (χ0) is 22.7. The summed E-state index contributed by atoms with van der Waals surface area (Å²) in [6, 6.07) is 6.86. The van der Waals surface area contributed by atoms with Crippen LogP contribution in [0.5, 0.6) is 0 Å². The van der Waals surface area contributed by atoms with Gasteiger partial charge in [-0.25, -0.2) is 8.42 Å². The van der Waals surface area contributed by atoms with Crippen molar-refractivity contribution in [1.29, 1.82) is 0 Å². The summed E-state index contributed by atoms with van der Waals surface area (Å²) in [4.78, 5) is 15.8. The Labute approximate surface area is 188 Å². The fourth-order valence-electron chi connectivity index (χ4n) is 4.01. The van der Waals surface area contributed by atoms with E-state index in [9.17, 15) is 13.2 Å². The van der Waals surface area contributed by atoms with E-state index in [0.717, 1.165) is 24.6 Å². The molecule has 1 aromatic heterocycles. The number of carbonyl (C=O) groups excluding carboxylic acids is 1. The molecule has 0 saturated carbocycles. The number of ether oxygens (including phenoxy) is 1. The first kappa shape index (κ1) is 22.4. The molecule has 1 amide bonds. The van der Waals surface area contributed by atoms with Gasteiger partial charge in [-0.3, -0.25) is 4.79 Å². The molecule has 10 nitrogen and oxygen atoms in total. The number of nitrogens with zero attached hydrogens (tertiary/aromatic N) is 5. The Balaban J connectivity index is 1.44. The molecule has 11 heteroatoms. The third kappa shape index (κ3) is 4.84. The molecular weight excluding hydrogens is 432 g/mol. The molecule has 0 aliphatic carbocycles. The van der Waals surface area contributed by atoms with Gasteiger partial charge in [0, 0.05) is 57.9 Å². The molecule has 3 heterocycles. The summed E-state index contributed by atoms with van der Waals surface area (Å²) < 4.78 is 33.4. The number of piperazine rings is 1. The normalized spacial score (nSPS) is 17.9. The lowest BCUT2D eigenvalue weighted by Crippen LogP contribution is -2.49. The fourth-order valence-corrected chi connectivity index (χ4v) is 5.64. The molecule has 2 aliphatic rings. The van der Waals surface area contributed by atoms with E-state index in [1.807, 2.05) is 6.07 Å². The number of amides is 1. The topological polar surface area (TPSA) is 108 Å². The van der Waals surface area contributed by atoms with Gasteiger partial charge in [-0.1, -0.05) is 0 Å². The largest absolute Gasteiger partial charge is 0.378 e. The van der Waals surface area contributed by atoms with E-state index in [2.05, 4.69) is 25.3 Å². The Kier molecular flexibility index (Phi) is 6.58. The highest BCUT2D eigenvalue weighted by Gasteiger charge is 2.30. The van der Waals surface area contributed by atoms with E-state index in [0.29, 0.717) is 50.6 Å². The number of morpholine rings is 1. The SMILES string of the molecule is CC(=O)Nc1ccc(S(=O)(=O)N2CCN(c3cc(N4CCOCC4)cnn3)CC2)c(C)c1. The number of carbonyl (C=O) groups is 1. The molecule has 0 unspecified atom stereocenters. The number of hydrogen-bond acceptors (Lipinski definition) is 8. The van der Waals surface area contributed by atoms with Gasteiger partial charge in [0.25, 0.3) is 0 Å². The highest BCUT2D eigenvalue weighted by atomic mass is 32.2. The Morgan fingerprint density at radius 3 is 2.41 bits per heavy atom. The summed E-state index contributed by atoms with van der Waals surface area (Å²) in [5.74, 6) is 0.554. The van der Waals surface area contributed by atoms with Crippen LogP contribution in [0.4, 0.5) is 17.2 Å². The van der Waals surface area contributed by atoms with Crippen molar-refractivity contribution in [2.24, 2.45) is 0 Å². The first-order valence-corrected chi connectivity index (χ1v) is 12.1. The summed E-state index contributed by atoms with van der Waals surface area (Å²) in [5.41, 5.74) is 2.18. The molecule has 2 aliphatic heterocycles. The molecule has 32 heavy (non-hydrogen) atoms. The molecule has 0 bridgehead atoms. The zero-order valence-corrected chi connectivity index (χ0v) is 19.1. The first-order valence-electron chi connectivity index (χ1n) is 10.6. The molecule has 1 aromatic carbocycles. The van der Waals surface area contributed by atoms with Crippen LogP contribution in [0, 0.1) is 6.92 Å². The van der Waals surface area contributed by atoms with Crippen molar-refractivity contribution in [3.63, 3.8) is 0 Å². The summed E-state index contributed by atoms with van der Waals surface area (Å²) in [5, 5.41) is 11.1. The smallest absolute Gasteiger partial charge is 0.243 e. The second kappa shape index (κ2) is 9.39. The van der Waals surface area contributed by atoms with Crippen LogP contribution < -0.4 is 15.1 Å². The molecule has 1 N–H and O–H groups in total. The number of rotatable bonds is 5. The Morgan fingerprint density at radius 1 is 1.03 bits per heavy atom. The van der Waals surface area contributed by atoms with Crippen LogP contribution in [-0.4, -0.2) is 81.3 Å². The Bertz CT molecular complexity index is 1080. The summed E-state index contributed by atoms with van der Waals surface area (Å²) in [7, 11) is -3.63. The fraction of sp³-hybridized carbons (Fsp3) is 0.476. The first-order chi connectivity index (χ1) is 15.3. The van der Waals surface area contributed by atoms with Gasteiger partial charge in [0.15, 0.2) is 5.82 Å². The maximum absolute atomic E-state index is 13.2. The third-order valence-corrected chi connectivity index (χ3v) is 7.74. The van der Waals surface area contributed by atoms with E-state index in [4.69, 9.17) is 4.74 Å². The van der Waals surface area contributed by atoms with Crippen molar-refractivity contribution >= 4 is 33.1 Å². The van der Waals surface area contributed by atoms with Gasteiger partial charge in [-0.15, -0.1) is 5.10 Å². The third-order valence-electron chi connectivity index (χ3n) is 5.68. The van der Waals surface area contributed by atoms with Gasteiger partial charge >= 0.3 is 0 Å². The zero-order valence-electron chi connectivity index (χ0n) is 18.3. The number of hydrogen-bond donors (Lipinski definition) is 1. The van der Waals surface area contributed by atoms with E-state index in [1.165, 1.54) is 11.2 Å². The molecule has 2 fully saturated rings. The van der Waals surface area contributed by atoms with Crippen LogP contribution >= 0.6 is 0 Å². The number of aromatic nitrogens is 2. The minimum Gasteiger partial charge on any atom is -0.378 e. The van der Waals surface area contributed by atoms with Crippen LogP contribution in [0.1, 0.15) is 12.5 Å². The van der Waals surface area contributed by atoms with Gasteiger partial charge in [0.05, 0.1) is 30.0 Å². The van der Waals surface area contributed by atoms with Gasteiger partial charge in [0.1, 0.15) is 0 Å². The predicted octanol–water partition coefficient (Wildman–Crippen LogP) is 1.09.